The summed E-state index contributed by atoms with van der Waals surface area (Å²) in [6.45, 7) is 3.31. The first-order valence-corrected chi connectivity index (χ1v) is 13.4. The van der Waals surface area contributed by atoms with Crippen LogP contribution in [0.25, 0.3) is 0 Å². The van der Waals surface area contributed by atoms with Crippen LogP contribution in [0.4, 0.5) is 0 Å². The molecule has 0 atom stereocenters. The fraction of sp³-hybridized carbons (Fsp3) is 0.455. The third-order valence-electron chi connectivity index (χ3n) is 5.05. The smallest absolute Gasteiger partial charge is 0.243 e. The van der Waals surface area contributed by atoms with Gasteiger partial charge in [0.05, 0.1) is 9.79 Å². The van der Waals surface area contributed by atoms with Gasteiger partial charge in [-0.25, -0.2) is 16.8 Å². The van der Waals surface area contributed by atoms with Gasteiger partial charge in [0.15, 0.2) is 0 Å². The second-order valence-corrected chi connectivity index (χ2v) is 11.5. The van der Waals surface area contributed by atoms with Crippen LogP contribution in [-0.2, 0) is 20.0 Å². The predicted molar refractivity (Wildman–Crippen MR) is 123 cm³/mol. The van der Waals surface area contributed by atoms with Crippen molar-refractivity contribution >= 4 is 20.0 Å². The van der Waals surface area contributed by atoms with Gasteiger partial charge in [-0.1, -0.05) is 35.4 Å². The highest BCUT2D eigenvalue weighted by atomic mass is 32.2. The van der Waals surface area contributed by atoms with E-state index in [-0.39, 0.29) is 62.0 Å². The molecule has 0 aliphatic carbocycles. The van der Waals surface area contributed by atoms with Gasteiger partial charge in [0.1, 0.15) is 0 Å². The first-order chi connectivity index (χ1) is 15.1. The molecule has 0 aliphatic rings. The molecule has 2 N–H and O–H groups in total. The van der Waals surface area contributed by atoms with Crippen molar-refractivity contribution in [1.82, 2.24) is 8.61 Å². The molecular formula is C22H32N2O6S2. The summed E-state index contributed by atoms with van der Waals surface area (Å²) in [4.78, 5) is 0.230. The van der Waals surface area contributed by atoms with E-state index in [1.54, 1.807) is 24.3 Å². The molecule has 0 amide bonds. The van der Waals surface area contributed by atoms with Crippen LogP contribution >= 0.6 is 0 Å². The summed E-state index contributed by atoms with van der Waals surface area (Å²) >= 11 is 0. The van der Waals surface area contributed by atoms with Crippen molar-refractivity contribution < 1.29 is 27.0 Å². The maximum Gasteiger partial charge on any atom is 0.243 e. The highest BCUT2D eigenvalue weighted by molar-refractivity contribution is 7.89. The standard InChI is InChI=1S/C22H32N2O6S2/c1-19-5-9-21(10-6-19)31(27,28)23(13-3-17-25)15-16-24(14-4-18-26)32(29,30)22-11-7-20(2)8-12-22/h5-12,25-26H,3-4,13-18H2,1-2H3. The molecule has 0 radical (unpaired) electrons. The molecule has 8 nitrogen and oxygen atoms in total. The molecule has 0 aromatic heterocycles. The fourth-order valence-electron chi connectivity index (χ4n) is 3.14. The van der Waals surface area contributed by atoms with E-state index < -0.39 is 20.0 Å². The largest absolute Gasteiger partial charge is 0.396 e. The summed E-state index contributed by atoms with van der Waals surface area (Å²) in [6, 6.07) is 12.9. The van der Waals surface area contributed by atoms with Crippen LogP contribution in [0.1, 0.15) is 24.0 Å². The van der Waals surface area contributed by atoms with E-state index in [0.717, 1.165) is 11.1 Å². The zero-order valence-electron chi connectivity index (χ0n) is 18.5. The molecular weight excluding hydrogens is 452 g/mol. The third-order valence-corrected chi connectivity index (χ3v) is 8.87. The first kappa shape index (κ1) is 26.4. The molecule has 178 valence electrons. The van der Waals surface area contributed by atoms with Crippen LogP contribution in [0.3, 0.4) is 0 Å². The summed E-state index contributed by atoms with van der Waals surface area (Å²) in [5.41, 5.74) is 1.84. The molecule has 32 heavy (non-hydrogen) atoms. The van der Waals surface area contributed by atoms with Gasteiger partial charge >= 0.3 is 0 Å². The number of hydrogen-bond acceptors (Lipinski definition) is 6. The second kappa shape index (κ2) is 11.9. The zero-order valence-corrected chi connectivity index (χ0v) is 20.1. The SMILES string of the molecule is Cc1ccc(S(=O)(=O)N(CCCO)CCN(CCCO)S(=O)(=O)c2ccc(C)cc2)cc1. The second-order valence-electron chi connectivity index (χ2n) is 7.59. The van der Waals surface area contributed by atoms with Gasteiger partial charge in [-0.15, -0.1) is 0 Å². The van der Waals surface area contributed by atoms with Crippen molar-refractivity contribution in [2.45, 2.75) is 36.5 Å². The average molecular weight is 485 g/mol. The molecule has 0 aliphatic heterocycles. The number of aliphatic hydroxyl groups excluding tert-OH is 2. The maximum absolute atomic E-state index is 13.2. The Morgan fingerprint density at radius 3 is 1.19 bits per heavy atom. The Labute approximate surface area is 191 Å². The van der Waals surface area contributed by atoms with Gasteiger partial charge < -0.3 is 10.2 Å². The van der Waals surface area contributed by atoms with Crippen LogP contribution in [0.5, 0.6) is 0 Å². The van der Waals surface area contributed by atoms with Crippen LogP contribution in [0, 0.1) is 13.8 Å². The van der Waals surface area contributed by atoms with Gasteiger partial charge in [-0.3, -0.25) is 0 Å². The molecule has 0 saturated carbocycles. The Morgan fingerprint density at radius 1 is 0.594 bits per heavy atom. The van der Waals surface area contributed by atoms with E-state index in [1.165, 1.54) is 32.9 Å². The normalized spacial score (nSPS) is 12.6. The highest BCUT2D eigenvalue weighted by Gasteiger charge is 2.28. The molecule has 0 fully saturated rings. The summed E-state index contributed by atoms with van der Waals surface area (Å²) < 4.78 is 55.1. The molecule has 0 bridgehead atoms. The summed E-state index contributed by atoms with van der Waals surface area (Å²) in [5, 5.41) is 18.5. The highest BCUT2D eigenvalue weighted by Crippen LogP contribution is 2.20. The van der Waals surface area contributed by atoms with Crippen molar-refractivity contribution in [3.05, 3.63) is 59.7 Å². The van der Waals surface area contributed by atoms with Gasteiger partial charge in [-0.05, 0) is 51.0 Å². The number of aryl methyl sites for hydroxylation is 2. The molecule has 10 heteroatoms. The molecule has 2 rings (SSSR count). The summed E-state index contributed by atoms with van der Waals surface area (Å²) in [5.74, 6) is 0. The third kappa shape index (κ3) is 6.84. The molecule has 0 unspecified atom stereocenters. The van der Waals surface area contributed by atoms with Crippen LogP contribution in [0.15, 0.2) is 58.3 Å². The first-order valence-electron chi connectivity index (χ1n) is 10.5. The molecule has 0 saturated heterocycles. The lowest BCUT2D eigenvalue weighted by molar-refractivity contribution is 0.253. The molecule has 0 spiro atoms. The fourth-order valence-corrected chi connectivity index (χ4v) is 6.08. The Hall–Kier alpha value is -1.82. The maximum atomic E-state index is 13.2. The summed E-state index contributed by atoms with van der Waals surface area (Å²) in [7, 11) is -7.74. The van der Waals surface area contributed by atoms with E-state index in [9.17, 15) is 27.0 Å². The number of sulfonamides is 2. The van der Waals surface area contributed by atoms with Crippen molar-refractivity contribution in [1.29, 1.82) is 0 Å². The number of rotatable bonds is 13. The quantitative estimate of drug-likeness (QED) is 0.448. The van der Waals surface area contributed by atoms with Crippen molar-refractivity contribution in [2.24, 2.45) is 0 Å². The lowest BCUT2D eigenvalue weighted by Crippen LogP contribution is -2.42. The van der Waals surface area contributed by atoms with Gasteiger partial charge in [-0.2, -0.15) is 8.61 Å². The Bertz CT molecular complexity index is 965. The zero-order chi connectivity index (χ0) is 23.8. The Balaban J connectivity index is 2.29. The lowest BCUT2D eigenvalue weighted by Gasteiger charge is -2.27. The molecule has 2 aromatic rings. The number of aliphatic hydroxyl groups is 2. The van der Waals surface area contributed by atoms with E-state index in [2.05, 4.69) is 0 Å². The van der Waals surface area contributed by atoms with Gasteiger partial charge in [0.25, 0.3) is 0 Å². The minimum atomic E-state index is -3.87. The minimum Gasteiger partial charge on any atom is -0.396 e. The van der Waals surface area contributed by atoms with E-state index in [0.29, 0.717) is 0 Å². The Morgan fingerprint density at radius 2 is 0.906 bits per heavy atom. The van der Waals surface area contributed by atoms with Gasteiger partial charge in [0.2, 0.25) is 20.0 Å². The van der Waals surface area contributed by atoms with Crippen LogP contribution < -0.4 is 0 Å². The van der Waals surface area contributed by atoms with E-state index >= 15 is 0 Å². The van der Waals surface area contributed by atoms with Crippen molar-refractivity contribution in [2.75, 3.05) is 39.4 Å². The summed E-state index contributed by atoms with van der Waals surface area (Å²) in [6.07, 6.45) is 0.457. The number of benzene rings is 2. The number of nitrogens with zero attached hydrogens (tertiary/aromatic N) is 2. The van der Waals surface area contributed by atoms with Crippen LogP contribution in [-0.4, -0.2) is 75.1 Å². The lowest BCUT2D eigenvalue weighted by atomic mass is 10.2. The monoisotopic (exact) mass is 484 g/mol. The Kier molecular flexibility index (Phi) is 9.81. The van der Waals surface area contributed by atoms with Crippen molar-refractivity contribution in [3.63, 3.8) is 0 Å². The van der Waals surface area contributed by atoms with Crippen LogP contribution in [0.2, 0.25) is 0 Å². The van der Waals surface area contributed by atoms with Gasteiger partial charge in [0, 0.05) is 39.4 Å². The molecule has 2 aromatic carbocycles. The van der Waals surface area contributed by atoms with E-state index in [4.69, 9.17) is 0 Å². The topological polar surface area (TPSA) is 115 Å². The molecule has 0 heterocycles. The predicted octanol–water partition coefficient (Wildman–Crippen LogP) is 1.75. The van der Waals surface area contributed by atoms with Crippen molar-refractivity contribution in [3.8, 4) is 0 Å². The minimum absolute atomic E-state index is 0.0606. The average Bonchev–Trinajstić information content (AvgIpc) is 2.76. The number of hydrogen-bond donors (Lipinski definition) is 2. The van der Waals surface area contributed by atoms with E-state index in [1.807, 2.05) is 13.8 Å².